The van der Waals surface area contributed by atoms with Gasteiger partial charge in [-0.1, -0.05) is 12.1 Å². The first-order valence-electron chi connectivity index (χ1n) is 9.29. The molecule has 3 rings (SSSR count). The van der Waals surface area contributed by atoms with Gasteiger partial charge in [-0.05, 0) is 24.6 Å². The quantitative estimate of drug-likeness (QED) is 0.381. The van der Waals surface area contributed by atoms with Gasteiger partial charge < -0.3 is 24.8 Å². The summed E-state index contributed by atoms with van der Waals surface area (Å²) in [6.07, 6.45) is -1.17. The van der Waals surface area contributed by atoms with Gasteiger partial charge in [-0.25, -0.2) is 4.79 Å². The van der Waals surface area contributed by atoms with Crippen molar-refractivity contribution in [3.05, 3.63) is 50.7 Å². The van der Waals surface area contributed by atoms with Crippen LogP contribution in [0.5, 0.6) is 5.75 Å². The molecule has 1 aromatic carbocycles. The fourth-order valence-electron chi connectivity index (χ4n) is 2.99. The number of nitrogens with one attached hydrogen (secondary N) is 2. The number of aromatic nitrogens is 4. The van der Waals surface area contributed by atoms with E-state index in [0.717, 1.165) is 5.56 Å². The Bertz CT molecular complexity index is 1180. The lowest BCUT2D eigenvalue weighted by molar-refractivity contribution is -0.136. The zero-order valence-electron chi connectivity index (χ0n) is 16.6. The van der Waals surface area contributed by atoms with Gasteiger partial charge in [0.2, 0.25) is 5.95 Å². The molecule has 0 unspecified atom stereocenters. The van der Waals surface area contributed by atoms with Crippen molar-refractivity contribution in [3.8, 4) is 5.75 Å². The number of imidazole rings is 1. The van der Waals surface area contributed by atoms with E-state index < -0.39 is 23.3 Å². The van der Waals surface area contributed by atoms with Gasteiger partial charge in [0.05, 0.1) is 13.0 Å². The van der Waals surface area contributed by atoms with E-state index in [1.54, 1.807) is 6.07 Å². The largest absolute Gasteiger partial charge is 0.491 e. The van der Waals surface area contributed by atoms with Gasteiger partial charge in [0.15, 0.2) is 11.2 Å². The van der Waals surface area contributed by atoms with Gasteiger partial charge in [-0.2, -0.15) is 4.98 Å². The predicted octanol–water partition coefficient (Wildman–Crippen LogP) is 0.0582. The zero-order chi connectivity index (χ0) is 21.8. The number of carboxylic acid groups (broad SMARTS) is 1. The number of aliphatic hydroxyl groups excluding tert-OH is 1. The number of nitrogens with zero attached hydrogens (tertiary/aromatic N) is 3. The molecule has 0 aliphatic rings. The van der Waals surface area contributed by atoms with Crippen LogP contribution in [0.25, 0.3) is 11.2 Å². The molecule has 0 bridgehead atoms. The Morgan fingerprint density at radius 1 is 1.37 bits per heavy atom. The van der Waals surface area contributed by atoms with Crippen molar-refractivity contribution in [2.24, 2.45) is 7.05 Å². The molecule has 0 aliphatic heterocycles. The molecule has 0 saturated heterocycles. The number of rotatable bonds is 9. The molecule has 0 aliphatic carbocycles. The number of aliphatic hydroxyl groups is 1. The van der Waals surface area contributed by atoms with E-state index in [9.17, 15) is 19.5 Å². The number of carbonyl (C=O) groups is 1. The molecule has 2 aromatic heterocycles. The molecule has 0 fully saturated rings. The lowest BCUT2D eigenvalue weighted by Gasteiger charge is -2.16. The van der Waals surface area contributed by atoms with Crippen molar-refractivity contribution in [2.45, 2.75) is 26.0 Å². The maximum absolute atomic E-state index is 12.4. The van der Waals surface area contributed by atoms with E-state index in [0.29, 0.717) is 5.75 Å². The highest BCUT2D eigenvalue weighted by molar-refractivity contribution is 5.74. The zero-order valence-corrected chi connectivity index (χ0v) is 16.6. The summed E-state index contributed by atoms with van der Waals surface area (Å²) < 4.78 is 8.20. The van der Waals surface area contributed by atoms with E-state index in [1.165, 1.54) is 16.2 Å². The molecule has 2 heterocycles. The lowest BCUT2D eigenvalue weighted by atomic mass is 10.2. The number of hydrogen-bond acceptors (Lipinski definition) is 7. The van der Waals surface area contributed by atoms with Crippen molar-refractivity contribution in [2.75, 3.05) is 18.5 Å². The van der Waals surface area contributed by atoms with Gasteiger partial charge in [0.25, 0.3) is 5.56 Å². The molecule has 0 radical (unpaired) electrons. The Balaban J connectivity index is 1.87. The number of carboxylic acids is 1. The van der Waals surface area contributed by atoms with Crippen LogP contribution in [-0.2, 0) is 18.4 Å². The van der Waals surface area contributed by atoms with Gasteiger partial charge in [-0.3, -0.25) is 19.1 Å². The number of anilines is 1. The summed E-state index contributed by atoms with van der Waals surface area (Å²) in [5, 5.41) is 22.2. The predicted molar refractivity (Wildman–Crippen MR) is 109 cm³/mol. The first-order valence-corrected chi connectivity index (χ1v) is 9.29. The minimum Gasteiger partial charge on any atom is -0.491 e. The topological polar surface area (TPSA) is 151 Å². The van der Waals surface area contributed by atoms with Crippen LogP contribution in [0.2, 0.25) is 0 Å². The molecule has 4 N–H and O–H groups in total. The third-order valence-electron chi connectivity index (χ3n) is 4.45. The van der Waals surface area contributed by atoms with Crippen LogP contribution in [0.1, 0.15) is 12.0 Å². The maximum atomic E-state index is 12.4. The number of benzene rings is 1. The van der Waals surface area contributed by atoms with E-state index in [1.807, 2.05) is 25.1 Å². The van der Waals surface area contributed by atoms with Crippen LogP contribution in [0.3, 0.4) is 0 Å². The molecule has 11 heteroatoms. The summed E-state index contributed by atoms with van der Waals surface area (Å²) in [4.78, 5) is 41.5. The van der Waals surface area contributed by atoms with Gasteiger partial charge in [0.1, 0.15) is 18.5 Å². The van der Waals surface area contributed by atoms with Crippen LogP contribution in [0.4, 0.5) is 5.95 Å². The van der Waals surface area contributed by atoms with Gasteiger partial charge in [-0.15, -0.1) is 0 Å². The smallest absolute Gasteiger partial charge is 0.329 e. The van der Waals surface area contributed by atoms with Crippen LogP contribution in [-0.4, -0.2) is 54.5 Å². The number of fused-ring (bicyclic) bond motifs is 1. The number of aliphatic carboxylic acids is 1. The van der Waals surface area contributed by atoms with Crippen LogP contribution >= 0.6 is 0 Å². The third kappa shape index (κ3) is 4.69. The second-order valence-corrected chi connectivity index (χ2v) is 6.89. The molecule has 3 aromatic rings. The summed E-state index contributed by atoms with van der Waals surface area (Å²) in [6.45, 7) is 1.88. The second-order valence-electron chi connectivity index (χ2n) is 6.89. The molecule has 160 valence electrons. The van der Waals surface area contributed by atoms with Crippen LogP contribution in [0.15, 0.2) is 33.9 Å². The molecule has 11 nitrogen and oxygen atoms in total. The van der Waals surface area contributed by atoms with Crippen molar-refractivity contribution in [1.29, 1.82) is 0 Å². The number of aryl methyl sites for hydroxylation is 2. The average molecular weight is 417 g/mol. The van der Waals surface area contributed by atoms with E-state index in [2.05, 4.69) is 15.3 Å². The van der Waals surface area contributed by atoms with Gasteiger partial charge >= 0.3 is 11.7 Å². The van der Waals surface area contributed by atoms with E-state index in [4.69, 9.17) is 9.84 Å². The fourth-order valence-corrected chi connectivity index (χ4v) is 2.99. The summed E-state index contributed by atoms with van der Waals surface area (Å²) in [5.41, 5.74) is -0.0610. The highest BCUT2D eigenvalue weighted by Gasteiger charge is 2.20. The Morgan fingerprint density at radius 2 is 2.13 bits per heavy atom. The van der Waals surface area contributed by atoms with Crippen molar-refractivity contribution >= 4 is 23.1 Å². The molecule has 0 amide bonds. The van der Waals surface area contributed by atoms with Crippen LogP contribution in [0, 0.1) is 6.92 Å². The summed E-state index contributed by atoms with van der Waals surface area (Å²) in [5.74, 6) is -0.223. The number of ether oxygens (including phenoxy) is 1. The Kier molecular flexibility index (Phi) is 6.21. The molecule has 30 heavy (non-hydrogen) atoms. The van der Waals surface area contributed by atoms with E-state index >= 15 is 0 Å². The monoisotopic (exact) mass is 417 g/mol. The third-order valence-corrected chi connectivity index (χ3v) is 4.45. The molecular formula is C19H23N5O6. The molecule has 0 saturated carbocycles. The van der Waals surface area contributed by atoms with Crippen LogP contribution < -0.4 is 21.3 Å². The van der Waals surface area contributed by atoms with Crippen molar-refractivity contribution < 1.29 is 19.7 Å². The molecule has 0 spiro atoms. The molecular weight excluding hydrogens is 394 g/mol. The average Bonchev–Trinajstić information content (AvgIpc) is 3.03. The van der Waals surface area contributed by atoms with E-state index in [-0.39, 0.29) is 43.2 Å². The van der Waals surface area contributed by atoms with Crippen molar-refractivity contribution in [3.63, 3.8) is 0 Å². The van der Waals surface area contributed by atoms with Gasteiger partial charge in [0, 0.05) is 13.6 Å². The van der Waals surface area contributed by atoms with Crippen molar-refractivity contribution in [1.82, 2.24) is 19.1 Å². The first kappa shape index (κ1) is 21.1. The molecule has 1 atom stereocenters. The highest BCUT2D eigenvalue weighted by atomic mass is 16.5. The minimum atomic E-state index is -1.00. The minimum absolute atomic E-state index is 0.0403. The number of hydrogen-bond donors (Lipinski definition) is 4. The highest BCUT2D eigenvalue weighted by Crippen LogP contribution is 2.17. The number of H-pyrrole nitrogens is 1. The number of aromatic amines is 1. The fraction of sp³-hybridized carbons (Fsp3) is 0.368. The Labute approximate surface area is 170 Å². The Hall–Kier alpha value is -3.60. The standard InChI is InChI=1S/C19H23N5O6/c1-11-4-3-5-13(8-11)30-10-12(25)9-24-15-16(23(2)19(29)22-17(15)28)21-18(24)20-7-6-14(26)27/h3-5,8,12,25H,6-7,9-10H2,1-2H3,(H,20,21)(H,26,27)(H,22,28,29)/t12-/m1/s1. The Morgan fingerprint density at radius 3 is 2.83 bits per heavy atom. The lowest BCUT2D eigenvalue weighted by Crippen LogP contribution is -2.31. The first-order chi connectivity index (χ1) is 14.3. The SMILES string of the molecule is Cc1cccc(OC[C@H](O)Cn2c(NCCC(=O)O)nc3c2c(=O)[nH]c(=O)n3C)c1. The summed E-state index contributed by atoms with van der Waals surface area (Å²) in [7, 11) is 1.45. The maximum Gasteiger partial charge on any atom is 0.329 e. The summed E-state index contributed by atoms with van der Waals surface area (Å²) >= 11 is 0. The second kappa shape index (κ2) is 8.82. The normalized spacial score (nSPS) is 12.1. The summed E-state index contributed by atoms with van der Waals surface area (Å²) in [6, 6.07) is 7.36.